The summed E-state index contributed by atoms with van der Waals surface area (Å²) >= 11 is 21.1. The third-order valence-electron chi connectivity index (χ3n) is 1.11. The summed E-state index contributed by atoms with van der Waals surface area (Å²) in [5.74, 6) is -14.3. The Morgan fingerprint density at radius 2 is 0.458 bits per heavy atom. The predicted octanol–water partition coefficient (Wildman–Crippen LogP) is 7.68. The van der Waals surface area contributed by atoms with Crippen molar-refractivity contribution in [3.63, 3.8) is 0 Å². The smallest absolute Gasteiger partial charge is 0.189 e. The maximum atomic E-state index is 11.6. The molecule has 0 atom stereocenters. The van der Waals surface area contributed by atoms with Gasteiger partial charge in [-0.15, -0.1) is 0 Å². The molecule has 24 heavy (non-hydrogen) atoms. The molecule has 0 aromatic heterocycles. The van der Waals surface area contributed by atoms with Crippen LogP contribution in [0.1, 0.15) is 0 Å². The van der Waals surface area contributed by atoms with Gasteiger partial charge in [0.25, 0.3) is 0 Å². The molecule has 0 N–H and O–H groups in total. The number of rotatable bonds is 1. The molecule has 0 aromatic carbocycles. The van der Waals surface area contributed by atoms with Crippen LogP contribution in [-0.2, 0) is 0 Å². The van der Waals surface area contributed by atoms with E-state index in [9.17, 15) is 57.1 Å². The Morgan fingerprint density at radius 3 is 0.500 bits per heavy atom. The fourth-order valence-electron chi connectivity index (χ4n) is 0.356. The fraction of sp³-hybridized carbons (Fsp3) is 1.00. The van der Waals surface area contributed by atoms with E-state index in [4.69, 9.17) is 0 Å². The Kier molecular flexibility index (Phi) is 10.9. The summed E-state index contributed by atoms with van der Waals surface area (Å²) < 4.78 is 143. The zero-order chi connectivity index (χ0) is 21.0. The zero-order valence-electron chi connectivity index (χ0n) is 9.80. The average Bonchev–Trinajstić information content (AvgIpc) is 2.07. The second-order valence-electron chi connectivity index (χ2n) is 3.00. The second kappa shape index (κ2) is 8.96. The zero-order valence-corrected chi connectivity index (χ0v) is 13.6. The van der Waals surface area contributed by atoms with Gasteiger partial charge < -0.3 is 0 Å². The third-order valence-corrected chi connectivity index (χ3v) is 1.11. The summed E-state index contributed by atoms with van der Waals surface area (Å²) in [4.78, 5) is -3.56. The molecule has 0 radical (unpaired) electrons. The Hall–Kier alpha value is 0.540. The highest BCUT2D eigenvalue weighted by Crippen LogP contribution is 2.53. The van der Waals surface area contributed by atoms with Crippen LogP contribution in [0.5, 0.6) is 0 Å². The molecule has 0 aliphatic heterocycles. The molecule has 0 heterocycles. The van der Waals surface area contributed by atoms with Crippen molar-refractivity contribution in [1.82, 2.24) is 0 Å². The molecule has 0 rings (SSSR count). The molecule has 0 aromatic rings. The van der Waals surface area contributed by atoms with E-state index in [1.165, 1.54) is 0 Å². The minimum atomic E-state index is -7.14. The maximum absolute atomic E-state index is 11.6. The Labute approximate surface area is 148 Å². The van der Waals surface area contributed by atoms with Crippen molar-refractivity contribution in [2.75, 3.05) is 0 Å². The maximum Gasteiger partial charge on any atom is 0.460 e. The van der Waals surface area contributed by atoms with Gasteiger partial charge in [-0.25, -0.2) is 0 Å². The van der Waals surface area contributed by atoms with Crippen LogP contribution in [0.15, 0.2) is 0 Å². The molecule has 0 spiro atoms. The SMILES string of the molecule is FC(Cl)(Cl)Cl.FC(F)(Cl)Cl.FC(F)(F)C(F)(F)C(F)(F)C(F)(F)F. The molecule has 0 amide bonds. The topological polar surface area (TPSA) is 0 Å². The van der Waals surface area contributed by atoms with Gasteiger partial charge in [-0.05, 0) is 58.0 Å². The molecule has 150 valence electrons. The van der Waals surface area contributed by atoms with E-state index in [0.29, 0.717) is 0 Å². The Bertz CT molecular complexity index is 313. The fourth-order valence-corrected chi connectivity index (χ4v) is 0.356. The summed E-state index contributed by atoms with van der Waals surface area (Å²) in [6.07, 6.45) is -13.9. The van der Waals surface area contributed by atoms with E-state index in [0.717, 1.165) is 0 Å². The first-order chi connectivity index (χ1) is 9.75. The van der Waals surface area contributed by atoms with Crippen LogP contribution in [-0.4, -0.2) is 33.1 Å². The summed E-state index contributed by atoms with van der Waals surface area (Å²) in [6, 6.07) is 0. The summed E-state index contributed by atoms with van der Waals surface area (Å²) in [6.45, 7) is 0. The molecule has 18 heteroatoms. The highest BCUT2D eigenvalue weighted by Gasteiger charge is 2.82. The highest BCUT2D eigenvalue weighted by molar-refractivity contribution is 6.66. The van der Waals surface area contributed by atoms with Crippen molar-refractivity contribution in [3.05, 3.63) is 0 Å². The Morgan fingerprint density at radius 1 is 0.375 bits per heavy atom. The van der Waals surface area contributed by atoms with Gasteiger partial charge in [0.1, 0.15) is 0 Å². The minimum absolute atomic E-state index is 2.58. The van der Waals surface area contributed by atoms with Crippen LogP contribution < -0.4 is 0 Å². The summed E-state index contributed by atoms with van der Waals surface area (Å²) in [5, 5.41) is 0. The van der Waals surface area contributed by atoms with Gasteiger partial charge >= 0.3 is 33.1 Å². The van der Waals surface area contributed by atoms with Gasteiger partial charge in [0.2, 0.25) is 0 Å². The largest absolute Gasteiger partial charge is 0.460 e. The number of alkyl halides is 18. The van der Waals surface area contributed by atoms with Crippen LogP contribution in [0, 0.1) is 0 Å². The molecule has 0 aliphatic rings. The molecule has 0 saturated carbocycles. The molecular formula is C6Cl5F13. The van der Waals surface area contributed by atoms with Crippen molar-refractivity contribution in [2.24, 2.45) is 0 Å². The third kappa shape index (κ3) is 13.8. The minimum Gasteiger partial charge on any atom is -0.189 e. The quantitative estimate of drug-likeness (QED) is 0.258. The number of hydrogen-bond acceptors (Lipinski definition) is 0. The lowest BCUT2D eigenvalue weighted by Crippen LogP contribution is -2.59. The normalized spacial score (nSPS) is 14.2. The van der Waals surface area contributed by atoms with Crippen molar-refractivity contribution in [1.29, 1.82) is 0 Å². The lowest BCUT2D eigenvalue weighted by molar-refractivity contribution is -0.419. The Balaban J connectivity index is -0.000000361. The standard InChI is InChI=1S/C4F10.CCl3F.CCl2F2/c5-1(6,3(9,10)11)2(7,8)4(12,13)14;2*2-1(3,4)5. The van der Waals surface area contributed by atoms with Crippen molar-refractivity contribution < 1.29 is 57.1 Å². The van der Waals surface area contributed by atoms with E-state index in [2.05, 4.69) is 58.0 Å². The second-order valence-corrected chi connectivity index (χ2v) is 6.29. The van der Waals surface area contributed by atoms with E-state index in [1.54, 1.807) is 0 Å². The number of halogens is 18. The summed E-state index contributed by atoms with van der Waals surface area (Å²) in [5.41, 5.74) is 0. The van der Waals surface area contributed by atoms with E-state index in [1.807, 2.05) is 0 Å². The van der Waals surface area contributed by atoms with Gasteiger partial charge in [0.05, 0.1) is 0 Å². The first kappa shape index (κ1) is 29.3. The summed E-state index contributed by atoms with van der Waals surface area (Å²) in [7, 11) is 0. The van der Waals surface area contributed by atoms with Crippen molar-refractivity contribution in [3.8, 4) is 0 Å². The van der Waals surface area contributed by atoms with Crippen LogP contribution in [0.3, 0.4) is 0 Å². The molecule has 0 unspecified atom stereocenters. The first-order valence-corrected chi connectivity index (χ1v) is 6.04. The van der Waals surface area contributed by atoms with Crippen LogP contribution in [0.4, 0.5) is 57.1 Å². The van der Waals surface area contributed by atoms with E-state index in [-0.39, 0.29) is 0 Å². The van der Waals surface area contributed by atoms with Crippen molar-refractivity contribution >= 4 is 58.0 Å². The van der Waals surface area contributed by atoms with E-state index >= 15 is 0 Å². The van der Waals surface area contributed by atoms with Gasteiger partial charge in [0.15, 0.2) is 0 Å². The average molecular weight is 496 g/mol. The number of hydrogen-bond donors (Lipinski definition) is 0. The molecule has 0 nitrogen and oxygen atoms in total. The predicted molar refractivity (Wildman–Crippen MR) is 60.1 cm³/mol. The van der Waals surface area contributed by atoms with Crippen LogP contribution >= 0.6 is 58.0 Å². The molecule has 0 saturated heterocycles. The molecule has 0 aliphatic carbocycles. The lowest BCUT2D eigenvalue weighted by atomic mass is 10.1. The van der Waals surface area contributed by atoms with Crippen molar-refractivity contribution in [2.45, 2.75) is 33.1 Å². The molecular weight excluding hydrogens is 496 g/mol. The van der Waals surface area contributed by atoms with Crippen LogP contribution in [0.25, 0.3) is 0 Å². The van der Waals surface area contributed by atoms with Gasteiger partial charge in [-0.2, -0.15) is 57.1 Å². The van der Waals surface area contributed by atoms with Crippen LogP contribution in [0.2, 0.25) is 0 Å². The highest BCUT2D eigenvalue weighted by atomic mass is 35.6. The molecule has 0 bridgehead atoms. The van der Waals surface area contributed by atoms with Gasteiger partial charge in [-0.3, -0.25) is 0 Å². The monoisotopic (exact) mass is 494 g/mol. The lowest BCUT2D eigenvalue weighted by Gasteiger charge is -2.29. The van der Waals surface area contributed by atoms with E-state index < -0.39 is 33.1 Å². The molecule has 0 fully saturated rings. The first-order valence-electron chi connectivity index (χ1n) is 4.15. The van der Waals surface area contributed by atoms with Gasteiger partial charge in [0, 0.05) is 0 Å². The van der Waals surface area contributed by atoms with Gasteiger partial charge in [-0.1, -0.05) is 0 Å².